The first-order chi connectivity index (χ1) is 1.73. The third kappa shape index (κ3) is 18800. The molecule has 6 heteroatoms. The Balaban J connectivity index is -0.0000000150. The molecule has 44 valence electrons. The van der Waals surface area contributed by atoms with Gasteiger partial charge in [-0.3, -0.25) is 0 Å². The first kappa shape index (κ1) is 27.6. The van der Waals surface area contributed by atoms with Gasteiger partial charge in [0, 0.05) is 26.2 Å². The predicted molar refractivity (Wildman–Crippen MR) is 18.6 cm³/mol. The van der Waals surface area contributed by atoms with Crippen LogP contribution < -0.4 is 6.15 Å². The van der Waals surface area contributed by atoms with Gasteiger partial charge in [-0.15, -0.1) is 0 Å². The van der Waals surface area contributed by atoms with Gasteiger partial charge >= 0.3 is 6.16 Å². The molecule has 0 amide bonds. The smallest absolute Gasteiger partial charge is 0.503 e. The Hall–Kier alpha value is 0.0731. The summed E-state index contributed by atoms with van der Waals surface area (Å²) in [6.07, 6.45) is -1.83. The molecule has 0 aromatic carbocycles. The summed E-state index contributed by atoms with van der Waals surface area (Å²) in [7, 11) is 0. The monoisotopic (exact) mass is 187 g/mol. The second kappa shape index (κ2) is 16.6. The van der Waals surface area contributed by atoms with E-state index in [9.17, 15) is 0 Å². The van der Waals surface area contributed by atoms with Gasteiger partial charge in [-0.05, 0) is 0 Å². The molecule has 0 aliphatic carbocycles. The Labute approximate surface area is 59.4 Å². The molecule has 7 heavy (non-hydrogen) atoms. The van der Waals surface area contributed by atoms with Crippen LogP contribution >= 0.6 is 0 Å². The normalized spacial score (nSPS) is 3.43. The molecule has 0 saturated heterocycles. The third-order valence-electron chi connectivity index (χ3n) is 0. The Morgan fingerprint density at radius 3 is 1.29 bits per heavy atom. The number of rotatable bonds is 0. The van der Waals surface area contributed by atoms with Gasteiger partial charge in [0.05, 0.1) is 0 Å². The first-order valence-electron chi connectivity index (χ1n) is 0.651. The van der Waals surface area contributed by atoms with Crippen molar-refractivity contribution in [3.05, 3.63) is 0 Å². The van der Waals surface area contributed by atoms with Crippen molar-refractivity contribution in [2.45, 2.75) is 0 Å². The van der Waals surface area contributed by atoms with Crippen LogP contribution in [0, 0.1) is 0 Å². The van der Waals surface area contributed by atoms with Crippen molar-refractivity contribution in [1.82, 2.24) is 6.15 Å². The summed E-state index contributed by atoms with van der Waals surface area (Å²) >= 11 is 0. The van der Waals surface area contributed by atoms with Crippen LogP contribution in [0.1, 0.15) is 0 Å². The van der Waals surface area contributed by atoms with Gasteiger partial charge < -0.3 is 21.8 Å². The molecule has 0 heterocycles. The second-order valence-corrected chi connectivity index (χ2v) is 0.283. The van der Waals surface area contributed by atoms with E-state index in [0.717, 1.165) is 0 Å². The summed E-state index contributed by atoms with van der Waals surface area (Å²) in [5.41, 5.74) is 0. The molecule has 7 N–H and O–H groups in total. The van der Waals surface area contributed by atoms with Crippen LogP contribution in [0.5, 0.6) is 0 Å². The number of hydrogen-bond acceptors (Lipinski definition) is 2. The maximum absolute atomic E-state index is 8.56. The van der Waals surface area contributed by atoms with Gasteiger partial charge in [-0.1, -0.05) is 0 Å². The van der Waals surface area contributed by atoms with Crippen molar-refractivity contribution in [3.8, 4) is 0 Å². The zero-order valence-corrected chi connectivity index (χ0v) is 6.21. The molecule has 0 saturated carbocycles. The van der Waals surface area contributed by atoms with E-state index in [1.807, 2.05) is 0 Å². The second-order valence-electron chi connectivity index (χ2n) is 0.283. The summed E-state index contributed by atoms with van der Waals surface area (Å²) in [6.45, 7) is 0. The maximum Gasteiger partial charge on any atom is 0.503 e. The zero-order valence-electron chi connectivity index (χ0n) is 3.75. The summed E-state index contributed by atoms with van der Waals surface area (Å²) in [5.74, 6) is 0. The standard InChI is InChI=1S/CH2O3.H3N.H2O.Zr/c2-1(3)4;;;/h(H2,2,3,4);1H3;1H2;. The molecule has 0 aliphatic rings. The van der Waals surface area contributed by atoms with Crippen LogP contribution in [0.25, 0.3) is 0 Å². The molecule has 0 fully saturated rings. The summed E-state index contributed by atoms with van der Waals surface area (Å²) in [5, 5.41) is 13.9. The van der Waals surface area contributed by atoms with E-state index in [4.69, 9.17) is 15.0 Å². The van der Waals surface area contributed by atoms with Crippen LogP contribution in [0.4, 0.5) is 4.79 Å². The SMILES string of the molecule is O=C(O)O.[NH4+].[OH-].[Zr]. The average molecular weight is 188 g/mol. The van der Waals surface area contributed by atoms with Crippen LogP contribution in [-0.4, -0.2) is 21.8 Å². The fraction of sp³-hybridized carbons (Fsp3) is 0. The molecule has 5 nitrogen and oxygen atoms in total. The molecule has 0 atom stereocenters. The molecule has 0 aromatic heterocycles. The molecule has 0 unspecified atom stereocenters. The molecule has 0 rings (SSSR count). The van der Waals surface area contributed by atoms with Gasteiger partial charge in [0.15, 0.2) is 0 Å². The average Bonchev–Trinajstić information content (AvgIpc) is 0.811. The molecule has 0 spiro atoms. The Morgan fingerprint density at radius 2 is 1.29 bits per heavy atom. The Bertz CT molecular complexity index is 34.7. The molecular weight excluding hydrogens is 181 g/mol. The molecule has 0 bridgehead atoms. The van der Waals surface area contributed by atoms with Crippen LogP contribution in [0.15, 0.2) is 0 Å². The molecule has 0 radical (unpaired) electrons. The number of carbonyl (C=O) groups is 1. The fourth-order valence-electron chi connectivity index (χ4n) is 0. The Kier molecular flexibility index (Phi) is 65.3. The van der Waals surface area contributed by atoms with Gasteiger partial charge in [0.1, 0.15) is 0 Å². The fourth-order valence-corrected chi connectivity index (χ4v) is 0. The van der Waals surface area contributed by atoms with Crippen molar-refractivity contribution in [3.63, 3.8) is 0 Å². The molecular formula is CH7NO4Zr. The first-order valence-corrected chi connectivity index (χ1v) is 0.651. The maximum atomic E-state index is 8.56. The predicted octanol–water partition coefficient (Wildman–Crippen LogP) is 0.419. The van der Waals surface area contributed by atoms with Crippen molar-refractivity contribution in [1.29, 1.82) is 0 Å². The molecule has 0 aromatic rings. The van der Waals surface area contributed by atoms with Crippen LogP contribution in [0.2, 0.25) is 0 Å². The van der Waals surface area contributed by atoms with Gasteiger partial charge in [-0.2, -0.15) is 0 Å². The van der Waals surface area contributed by atoms with Crippen LogP contribution in [-0.2, 0) is 26.2 Å². The van der Waals surface area contributed by atoms with E-state index < -0.39 is 6.16 Å². The zero-order chi connectivity index (χ0) is 3.58. The minimum atomic E-state index is -1.83. The largest absolute Gasteiger partial charge is 0.870 e. The van der Waals surface area contributed by atoms with E-state index in [1.54, 1.807) is 0 Å². The van der Waals surface area contributed by atoms with E-state index in [2.05, 4.69) is 0 Å². The van der Waals surface area contributed by atoms with E-state index in [-0.39, 0.29) is 37.8 Å². The molecule has 0 aliphatic heterocycles. The van der Waals surface area contributed by atoms with Crippen molar-refractivity contribution in [2.75, 3.05) is 0 Å². The van der Waals surface area contributed by atoms with Gasteiger partial charge in [0.25, 0.3) is 0 Å². The van der Waals surface area contributed by atoms with E-state index in [1.165, 1.54) is 0 Å². The van der Waals surface area contributed by atoms with Crippen molar-refractivity contribution < 1.29 is 46.7 Å². The van der Waals surface area contributed by atoms with Gasteiger partial charge in [0.2, 0.25) is 0 Å². The van der Waals surface area contributed by atoms with Crippen molar-refractivity contribution in [2.24, 2.45) is 0 Å². The Morgan fingerprint density at radius 1 is 1.29 bits per heavy atom. The topological polar surface area (TPSA) is 124 Å². The summed E-state index contributed by atoms with van der Waals surface area (Å²) < 4.78 is 0. The van der Waals surface area contributed by atoms with Crippen LogP contribution in [0.3, 0.4) is 0 Å². The minimum absolute atomic E-state index is 0. The van der Waals surface area contributed by atoms with Crippen molar-refractivity contribution >= 4 is 6.16 Å². The number of carboxylic acid groups (broad SMARTS) is 2. The minimum Gasteiger partial charge on any atom is -0.870 e. The quantitative estimate of drug-likeness (QED) is 0.509. The number of hydrogen-bond donors (Lipinski definition) is 3. The summed E-state index contributed by atoms with van der Waals surface area (Å²) in [4.78, 5) is 8.56. The van der Waals surface area contributed by atoms with Gasteiger partial charge in [-0.25, -0.2) is 4.79 Å². The van der Waals surface area contributed by atoms with E-state index in [0.29, 0.717) is 0 Å². The number of quaternary nitrogens is 1. The van der Waals surface area contributed by atoms with E-state index >= 15 is 0 Å². The third-order valence-corrected chi connectivity index (χ3v) is 0. The summed E-state index contributed by atoms with van der Waals surface area (Å²) in [6, 6.07) is 0.